The van der Waals surface area contributed by atoms with E-state index in [-0.39, 0.29) is 25.6 Å². The summed E-state index contributed by atoms with van der Waals surface area (Å²) in [4.78, 5) is 4.43. The Bertz CT molecular complexity index is 767. The monoisotopic (exact) mass is 334 g/mol. The maximum absolute atomic E-state index is 12.4. The van der Waals surface area contributed by atoms with Crippen molar-refractivity contribution in [2.75, 3.05) is 13.2 Å². The van der Waals surface area contributed by atoms with E-state index < -0.39 is 0 Å². The van der Waals surface area contributed by atoms with E-state index in [4.69, 9.17) is 14.9 Å². The number of halogens is 2. The zero-order valence-electron chi connectivity index (χ0n) is 12.2. The zero-order chi connectivity index (χ0) is 15.4. The predicted octanol–water partition coefficient (Wildman–Crippen LogP) is 4.11. The Balaban J connectivity index is 0.00000192. The number of fused-ring (bicyclic) bond motifs is 1. The molecule has 0 fully saturated rings. The molecular weight excluding hydrogens is 319 g/mol. The third-order valence-corrected chi connectivity index (χ3v) is 3.24. The van der Waals surface area contributed by atoms with Crippen molar-refractivity contribution in [3.63, 3.8) is 0 Å². The first-order valence-electron chi connectivity index (χ1n) is 6.87. The zero-order valence-corrected chi connectivity index (χ0v) is 13.1. The van der Waals surface area contributed by atoms with Crippen LogP contribution in [0.15, 0.2) is 64.9 Å². The smallest absolute Gasteiger partial charge is 0.227 e. The highest BCUT2D eigenvalue weighted by Gasteiger charge is 2.07. The molecule has 3 aromatic rings. The molecule has 2 N–H and O–H groups in total. The maximum atomic E-state index is 12.4. The van der Waals surface area contributed by atoms with Crippen LogP contribution in [-0.4, -0.2) is 18.1 Å². The van der Waals surface area contributed by atoms with Crippen LogP contribution in [-0.2, 0) is 0 Å². The van der Waals surface area contributed by atoms with Crippen LogP contribution in [0.5, 0.6) is 5.75 Å². The van der Waals surface area contributed by atoms with Crippen LogP contribution in [0.1, 0.15) is 0 Å². The molecule has 0 saturated heterocycles. The molecule has 0 amide bonds. The second kappa shape index (κ2) is 7.76. The van der Waals surface area contributed by atoms with E-state index in [1.807, 2.05) is 36.4 Å². The Morgan fingerprint density at radius 3 is 2.57 bits per heavy atom. The summed E-state index contributed by atoms with van der Waals surface area (Å²) in [5.41, 5.74) is 8.20. The third kappa shape index (κ3) is 3.88. The van der Waals surface area contributed by atoms with Crippen LogP contribution in [0.25, 0.3) is 22.6 Å². The fraction of sp³-hybridized carbons (Fsp3) is 0.118. The topological polar surface area (TPSA) is 61.3 Å². The molecule has 0 atom stereocenters. The van der Waals surface area contributed by atoms with E-state index in [0.717, 1.165) is 16.7 Å². The summed E-state index contributed by atoms with van der Waals surface area (Å²) < 4.78 is 23.6. The number of hydrogen-bond donors (Lipinski definition) is 1. The first-order valence-corrected chi connectivity index (χ1v) is 6.87. The SMILES string of the molecule is Cl.NC/C(=C\F)COc1ccc(-c2nc3ccccc3o2)cc1. The van der Waals surface area contributed by atoms with Crippen molar-refractivity contribution in [1.82, 2.24) is 4.98 Å². The lowest BCUT2D eigenvalue weighted by atomic mass is 10.2. The third-order valence-electron chi connectivity index (χ3n) is 3.24. The fourth-order valence-electron chi connectivity index (χ4n) is 2.00. The minimum Gasteiger partial charge on any atom is -0.489 e. The van der Waals surface area contributed by atoms with Crippen molar-refractivity contribution in [2.24, 2.45) is 5.73 Å². The summed E-state index contributed by atoms with van der Waals surface area (Å²) in [6, 6.07) is 14.9. The molecule has 23 heavy (non-hydrogen) atoms. The molecule has 0 saturated carbocycles. The van der Waals surface area contributed by atoms with Gasteiger partial charge in [0.2, 0.25) is 5.89 Å². The predicted molar refractivity (Wildman–Crippen MR) is 90.4 cm³/mol. The van der Waals surface area contributed by atoms with Gasteiger partial charge in [0, 0.05) is 17.7 Å². The van der Waals surface area contributed by atoms with Gasteiger partial charge < -0.3 is 14.9 Å². The van der Waals surface area contributed by atoms with Gasteiger partial charge in [0.25, 0.3) is 0 Å². The van der Waals surface area contributed by atoms with Crippen LogP contribution in [0.4, 0.5) is 4.39 Å². The number of hydrogen-bond acceptors (Lipinski definition) is 4. The molecule has 120 valence electrons. The minimum atomic E-state index is 0. The molecule has 1 heterocycles. The molecule has 0 aliphatic carbocycles. The molecule has 6 heteroatoms. The lowest BCUT2D eigenvalue weighted by Gasteiger charge is -2.07. The molecule has 2 aromatic carbocycles. The molecular formula is C17H16ClFN2O2. The summed E-state index contributed by atoms with van der Waals surface area (Å²) in [6.45, 7) is 0.271. The van der Waals surface area contributed by atoms with E-state index in [0.29, 0.717) is 23.5 Å². The number of ether oxygens (including phenoxy) is 1. The van der Waals surface area contributed by atoms with Crippen molar-refractivity contribution < 1.29 is 13.5 Å². The second-order valence-corrected chi connectivity index (χ2v) is 4.77. The lowest BCUT2D eigenvalue weighted by molar-refractivity contribution is 0.347. The number of para-hydroxylation sites is 2. The van der Waals surface area contributed by atoms with Gasteiger partial charge in [0.1, 0.15) is 17.9 Å². The average Bonchev–Trinajstić information content (AvgIpc) is 3.00. The summed E-state index contributed by atoms with van der Waals surface area (Å²) >= 11 is 0. The molecule has 0 aliphatic heterocycles. The summed E-state index contributed by atoms with van der Waals surface area (Å²) in [5.74, 6) is 1.19. The van der Waals surface area contributed by atoms with Gasteiger partial charge in [0.05, 0.1) is 6.33 Å². The van der Waals surface area contributed by atoms with Gasteiger partial charge >= 0.3 is 0 Å². The molecule has 0 aliphatic rings. The fourth-order valence-corrected chi connectivity index (χ4v) is 2.00. The Hall–Kier alpha value is -2.37. The first kappa shape index (κ1) is 17.0. The average molecular weight is 335 g/mol. The molecule has 0 radical (unpaired) electrons. The van der Waals surface area contributed by atoms with Gasteiger partial charge in [0.15, 0.2) is 5.58 Å². The van der Waals surface area contributed by atoms with Crippen molar-refractivity contribution in [3.05, 3.63) is 60.4 Å². The second-order valence-electron chi connectivity index (χ2n) is 4.77. The van der Waals surface area contributed by atoms with E-state index in [1.54, 1.807) is 12.1 Å². The number of rotatable bonds is 5. The van der Waals surface area contributed by atoms with Crippen molar-refractivity contribution in [2.45, 2.75) is 0 Å². The van der Waals surface area contributed by atoms with Gasteiger partial charge in [-0.1, -0.05) is 12.1 Å². The van der Waals surface area contributed by atoms with Crippen LogP contribution < -0.4 is 10.5 Å². The van der Waals surface area contributed by atoms with Gasteiger partial charge in [-0.2, -0.15) is 0 Å². The molecule has 3 rings (SSSR count). The Labute approximate surface area is 139 Å². The molecule has 0 bridgehead atoms. The Morgan fingerprint density at radius 2 is 1.91 bits per heavy atom. The summed E-state index contributed by atoms with van der Waals surface area (Å²) in [5, 5.41) is 0. The largest absolute Gasteiger partial charge is 0.489 e. The minimum absolute atomic E-state index is 0. The van der Waals surface area contributed by atoms with E-state index >= 15 is 0 Å². The Kier molecular flexibility index (Phi) is 5.73. The normalized spacial score (nSPS) is 11.3. The van der Waals surface area contributed by atoms with Crippen molar-refractivity contribution in [1.29, 1.82) is 0 Å². The van der Waals surface area contributed by atoms with Gasteiger partial charge in [-0.15, -0.1) is 12.4 Å². The lowest BCUT2D eigenvalue weighted by Crippen LogP contribution is -2.10. The molecule has 0 spiro atoms. The highest BCUT2D eigenvalue weighted by Crippen LogP contribution is 2.25. The van der Waals surface area contributed by atoms with E-state index in [1.165, 1.54) is 0 Å². The van der Waals surface area contributed by atoms with Crippen LogP contribution in [0.3, 0.4) is 0 Å². The highest BCUT2D eigenvalue weighted by molar-refractivity contribution is 5.85. The number of benzene rings is 2. The summed E-state index contributed by atoms with van der Waals surface area (Å²) in [7, 11) is 0. The van der Waals surface area contributed by atoms with Gasteiger partial charge in [-0.25, -0.2) is 9.37 Å². The molecule has 1 aromatic heterocycles. The van der Waals surface area contributed by atoms with E-state index in [9.17, 15) is 4.39 Å². The number of nitrogens with two attached hydrogens (primary N) is 1. The quantitative estimate of drug-likeness (QED) is 0.762. The standard InChI is InChI=1S/C17H15FN2O2.ClH/c18-9-12(10-19)11-21-14-7-5-13(6-8-14)17-20-15-3-1-2-4-16(15)22-17;/h1-9H,10-11,19H2;1H/b12-9+;. The van der Waals surface area contributed by atoms with Crippen molar-refractivity contribution >= 4 is 23.5 Å². The molecule has 4 nitrogen and oxygen atoms in total. The number of aromatic nitrogens is 1. The number of oxazole rings is 1. The van der Waals surface area contributed by atoms with Crippen LogP contribution in [0.2, 0.25) is 0 Å². The maximum Gasteiger partial charge on any atom is 0.227 e. The van der Waals surface area contributed by atoms with E-state index in [2.05, 4.69) is 4.98 Å². The number of nitrogens with zero attached hydrogens (tertiary/aromatic N) is 1. The van der Waals surface area contributed by atoms with Gasteiger partial charge in [-0.3, -0.25) is 0 Å². The molecule has 0 unspecified atom stereocenters. The van der Waals surface area contributed by atoms with Crippen molar-refractivity contribution in [3.8, 4) is 17.2 Å². The van der Waals surface area contributed by atoms with Gasteiger partial charge in [-0.05, 0) is 36.4 Å². The van der Waals surface area contributed by atoms with Crippen LogP contribution >= 0.6 is 12.4 Å². The van der Waals surface area contributed by atoms with Crippen LogP contribution in [0, 0.1) is 0 Å². The first-order chi connectivity index (χ1) is 10.8. The Morgan fingerprint density at radius 1 is 1.17 bits per heavy atom. The highest BCUT2D eigenvalue weighted by atomic mass is 35.5. The summed E-state index contributed by atoms with van der Waals surface area (Å²) in [6.07, 6.45) is 0.479.